The first kappa shape index (κ1) is 20.0. The molecule has 0 spiro atoms. The van der Waals surface area contributed by atoms with Crippen LogP contribution in [0.5, 0.6) is 0 Å². The summed E-state index contributed by atoms with van der Waals surface area (Å²) < 4.78 is 5.28. The monoisotopic (exact) mass is 344 g/mol. The topological polar surface area (TPSA) is 41.9 Å². The van der Waals surface area contributed by atoms with E-state index in [-0.39, 0.29) is 12.6 Å². The van der Waals surface area contributed by atoms with Crippen LogP contribution in [-0.4, -0.2) is 45.5 Å². The highest BCUT2D eigenvalue weighted by Crippen LogP contribution is 2.25. The molecule has 0 aromatic heterocycles. The number of aliphatic imine (C=N–C) groups is 1. The van der Waals surface area contributed by atoms with Crippen molar-refractivity contribution >= 4 is 26.1 Å². The molecule has 1 aromatic rings. The maximum absolute atomic E-state index is 12.2. The van der Waals surface area contributed by atoms with E-state index in [4.69, 9.17) is 4.74 Å². The number of carbonyl (C=O) groups is 1. The molecular weight excluding hydrogens is 316 g/mol. The van der Waals surface area contributed by atoms with Gasteiger partial charge in [0.15, 0.2) is 0 Å². The molecule has 0 heterocycles. The largest absolute Gasteiger partial charge is 0.449 e. The van der Waals surface area contributed by atoms with Gasteiger partial charge in [0.1, 0.15) is 6.61 Å². The maximum atomic E-state index is 12.2. The Morgan fingerprint density at radius 3 is 2.54 bits per heavy atom. The van der Waals surface area contributed by atoms with Gasteiger partial charge >= 0.3 is 5.97 Å². The van der Waals surface area contributed by atoms with Crippen LogP contribution < -0.4 is 0 Å². The molecule has 131 valence electrons. The molecule has 0 bridgehead atoms. The van der Waals surface area contributed by atoms with Gasteiger partial charge in [-0.1, -0.05) is 8.07 Å². The fraction of sp³-hybridized carbons (Fsp3) is 0.474. The Morgan fingerprint density at radius 2 is 1.96 bits per heavy atom. The van der Waals surface area contributed by atoms with Crippen molar-refractivity contribution in [2.24, 2.45) is 4.99 Å². The summed E-state index contributed by atoms with van der Waals surface area (Å²) in [7, 11) is 0.541. The Kier molecular flexibility index (Phi) is 7.24. The van der Waals surface area contributed by atoms with E-state index in [0.29, 0.717) is 5.56 Å². The fourth-order valence-electron chi connectivity index (χ4n) is 1.89. The lowest BCUT2D eigenvalue weighted by atomic mass is 10.0. The molecule has 0 aliphatic heterocycles. The van der Waals surface area contributed by atoms with Gasteiger partial charge in [-0.25, -0.2) is 9.79 Å². The number of carbonyl (C=O) groups excluding carboxylic acids is 1. The molecule has 0 N–H and O–H groups in total. The highest BCUT2D eigenvalue weighted by atomic mass is 28.3. The standard InChI is InChI=1S/C19H28N2O2Si/c1-8-21(4)14-20-18-11-10-17(15(2)16(18)3)19(22)23-12-9-13-24(5,6)7/h10-11,14H,8,12H2,1-7H3/q-1. The van der Waals surface area contributed by atoms with Crippen LogP contribution in [0, 0.1) is 25.3 Å². The molecule has 24 heavy (non-hydrogen) atoms. The van der Waals surface area contributed by atoms with Gasteiger partial charge in [0, 0.05) is 13.6 Å². The molecule has 0 fully saturated rings. The van der Waals surface area contributed by atoms with Gasteiger partial charge in [-0.2, -0.15) is 19.6 Å². The first-order chi connectivity index (χ1) is 11.2. The summed E-state index contributed by atoms with van der Waals surface area (Å²) in [6, 6.07) is 3.63. The minimum atomic E-state index is -1.43. The summed E-state index contributed by atoms with van der Waals surface area (Å²) in [5.74, 6) is 2.62. The molecule has 0 aliphatic rings. The number of benzene rings is 1. The van der Waals surface area contributed by atoms with Crippen molar-refractivity contribution in [3.05, 3.63) is 28.8 Å². The average molecular weight is 345 g/mol. The number of rotatable bonds is 5. The Hall–Kier alpha value is -2.06. The van der Waals surface area contributed by atoms with E-state index in [0.717, 1.165) is 23.4 Å². The summed E-state index contributed by atoms with van der Waals surface area (Å²) in [6.07, 6.45) is 1.80. The van der Waals surface area contributed by atoms with Gasteiger partial charge in [-0.05, 0) is 44.0 Å². The molecular formula is C19H28N2O2Si-. The van der Waals surface area contributed by atoms with E-state index in [9.17, 15) is 4.79 Å². The minimum absolute atomic E-state index is 0.142. The summed E-state index contributed by atoms with van der Waals surface area (Å²) >= 11 is 0. The Balaban J connectivity index is 2.86. The quantitative estimate of drug-likeness (QED) is 0.267. The molecule has 0 aliphatic carbocycles. The normalized spacial score (nSPS) is 11.1. The number of nitrogens with zero attached hydrogens (tertiary/aromatic N) is 2. The third-order valence-corrected chi connectivity index (χ3v) is 4.54. The van der Waals surface area contributed by atoms with E-state index in [1.807, 2.05) is 31.9 Å². The smallest absolute Gasteiger partial charge is 0.339 e. The lowest BCUT2D eigenvalue weighted by Gasteiger charge is -2.17. The zero-order chi connectivity index (χ0) is 18.3. The van der Waals surface area contributed by atoms with E-state index >= 15 is 0 Å². The fourth-order valence-corrected chi connectivity index (χ4v) is 2.49. The minimum Gasteiger partial charge on any atom is -0.449 e. The molecule has 5 heteroatoms. The Morgan fingerprint density at radius 1 is 1.29 bits per heavy atom. The zero-order valence-corrected chi connectivity index (χ0v) is 16.9. The third-order valence-electron chi connectivity index (χ3n) is 3.61. The van der Waals surface area contributed by atoms with Crippen LogP contribution >= 0.6 is 0 Å². The van der Waals surface area contributed by atoms with Crippen LogP contribution in [0.15, 0.2) is 17.1 Å². The van der Waals surface area contributed by atoms with Crippen molar-refractivity contribution in [3.8, 4) is 11.5 Å². The van der Waals surface area contributed by atoms with Crippen LogP contribution in [0.25, 0.3) is 0 Å². The predicted octanol–water partition coefficient (Wildman–Crippen LogP) is 3.95. The number of hydrogen-bond acceptors (Lipinski definition) is 3. The molecule has 0 unspecified atom stereocenters. The predicted molar refractivity (Wildman–Crippen MR) is 104 cm³/mol. The zero-order valence-electron chi connectivity index (χ0n) is 15.9. The second kappa shape index (κ2) is 8.70. The van der Waals surface area contributed by atoms with Gasteiger partial charge in [0.05, 0.1) is 17.6 Å². The van der Waals surface area contributed by atoms with Gasteiger partial charge in [-0.3, -0.25) is 5.54 Å². The summed E-state index contributed by atoms with van der Waals surface area (Å²) in [4.78, 5) is 18.7. The second-order valence-electron chi connectivity index (χ2n) is 6.83. The lowest BCUT2D eigenvalue weighted by Crippen LogP contribution is -2.17. The number of ether oxygens (including phenoxy) is 1. The summed E-state index contributed by atoms with van der Waals surface area (Å²) in [5, 5.41) is 0. The first-order valence-electron chi connectivity index (χ1n) is 8.17. The van der Waals surface area contributed by atoms with Gasteiger partial charge in [0.25, 0.3) is 0 Å². The molecule has 1 aromatic carbocycles. The highest BCUT2D eigenvalue weighted by molar-refractivity contribution is 6.83. The summed E-state index contributed by atoms with van der Waals surface area (Å²) in [6.45, 7) is 13.5. The van der Waals surface area contributed by atoms with Crippen molar-refractivity contribution in [1.29, 1.82) is 0 Å². The first-order valence-corrected chi connectivity index (χ1v) is 11.7. The molecule has 4 nitrogen and oxygen atoms in total. The van der Waals surface area contributed by atoms with Crippen molar-refractivity contribution < 1.29 is 9.53 Å². The Labute approximate surface area is 146 Å². The van der Waals surface area contributed by atoms with E-state index in [2.05, 4.69) is 43.0 Å². The molecule has 0 atom stereocenters. The lowest BCUT2D eigenvalue weighted by molar-refractivity contribution is 0.0556. The molecule has 0 saturated carbocycles. The second-order valence-corrected chi connectivity index (χ2v) is 11.6. The van der Waals surface area contributed by atoms with E-state index in [1.165, 1.54) is 0 Å². The third kappa shape index (κ3) is 6.21. The number of esters is 1. The molecule has 0 radical (unpaired) electrons. The van der Waals surface area contributed by atoms with Gasteiger partial charge in [-0.15, -0.1) is 5.92 Å². The van der Waals surface area contributed by atoms with Crippen LogP contribution in [0.3, 0.4) is 0 Å². The van der Waals surface area contributed by atoms with Crippen LogP contribution in [-0.2, 0) is 4.74 Å². The number of hydrogen-bond donors (Lipinski definition) is 0. The highest BCUT2D eigenvalue weighted by Gasteiger charge is 2.13. The van der Waals surface area contributed by atoms with Gasteiger partial charge < -0.3 is 9.64 Å². The van der Waals surface area contributed by atoms with Crippen LogP contribution in [0.4, 0.5) is 5.69 Å². The van der Waals surface area contributed by atoms with Crippen LogP contribution in [0.1, 0.15) is 28.4 Å². The Bertz CT molecular complexity index is 679. The van der Waals surface area contributed by atoms with E-state index < -0.39 is 8.07 Å². The van der Waals surface area contributed by atoms with Crippen molar-refractivity contribution in [2.75, 3.05) is 20.2 Å². The van der Waals surface area contributed by atoms with Gasteiger partial charge in [0.2, 0.25) is 0 Å². The van der Waals surface area contributed by atoms with E-state index in [1.54, 1.807) is 12.4 Å². The molecule has 1 rings (SSSR count). The van der Waals surface area contributed by atoms with Crippen molar-refractivity contribution in [1.82, 2.24) is 4.90 Å². The van der Waals surface area contributed by atoms with Crippen molar-refractivity contribution in [3.63, 3.8) is 0 Å². The summed E-state index contributed by atoms with van der Waals surface area (Å²) in [5.41, 5.74) is 6.50. The maximum Gasteiger partial charge on any atom is 0.339 e. The van der Waals surface area contributed by atoms with Crippen LogP contribution in [0.2, 0.25) is 19.6 Å². The SMILES string of the molecule is CCN(C)C=Nc1ccc(C(=O)OCC#C[Si-](C)(C)C)c(C)c1C. The van der Waals surface area contributed by atoms with Crippen molar-refractivity contribution in [2.45, 2.75) is 40.4 Å². The average Bonchev–Trinajstić information content (AvgIpc) is 2.51. The molecule has 0 saturated heterocycles. The molecule has 0 amide bonds.